The van der Waals surface area contributed by atoms with Gasteiger partial charge < -0.3 is 4.98 Å². The monoisotopic (exact) mass is 336 g/mol. The van der Waals surface area contributed by atoms with Gasteiger partial charge in [-0.15, -0.1) is 22.7 Å². The van der Waals surface area contributed by atoms with E-state index >= 15 is 0 Å². The fourth-order valence-electron chi connectivity index (χ4n) is 2.36. The molecule has 3 aromatic rings. The van der Waals surface area contributed by atoms with E-state index in [1.54, 1.807) is 27.2 Å². The number of thiophene rings is 2. The van der Waals surface area contributed by atoms with Crippen molar-refractivity contribution < 1.29 is 0 Å². The van der Waals surface area contributed by atoms with Gasteiger partial charge in [0.15, 0.2) is 4.77 Å². The highest BCUT2D eigenvalue weighted by atomic mass is 32.1. The lowest BCUT2D eigenvalue weighted by molar-refractivity contribution is 0.744. The SMILES string of the molecule is CCc1ccc(Cn2c(=S)[nH]c3sc(C)c(C)c3c2=O)s1. The van der Waals surface area contributed by atoms with Crippen LogP contribution < -0.4 is 5.56 Å². The summed E-state index contributed by atoms with van der Waals surface area (Å²) < 4.78 is 2.17. The molecule has 0 aromatic carbocycles. The number of rotatable bonds is 3. The van der Waals surface area contributed by atoms with Crippen LogP contribution in [0.4, 0.5) is 0 Å². The predicted octanol–water partition coefficient (Wildman–Crippen LogP) is 4.41. The minimum Gasteiger partial charge on any atom is -0.323 e. The van der Waals surface area contributed by atoms with Gasteiger partial charge in [0.1, 0.15) is 4.83 Å². The van der Waals surface area contributed by atoms with Crippen molar-refractivity contribution in [1.82, 2.24) is 9.55 Å². The molecule has 0 spiro atoms. The highest BCUT2D eigenvalue weighted by molar-refractivity contribution is 7.71. The van der Waals surface area contributed by atoms with Gasteiger partial charge in [0.25, 0.3) is 5.56 Å². The second-order valence-corrected chi connectivity index (χ2v) is 7.89. The summed E-state index contributed by atoms with van der Waals surface area (Å²) in [7, 11) is 0. The molecule has 1 N–H and O–H groups in total. The molecular weight excluding hydrogens is 320 g/mol. The molecule has 0 aliphatic heterocycles. The number of fused-ring (bicyclic) bond motifs is 1. The second kappa shape index (κ2) is 5.51. The van der Waals surface area contributed by atoms with Crippen molar-refractivity contribution in [3.8, 4) is 0 Å². The van der Waals surface area contributed by atoms with E-state index in [0.29, 0.717) is 11.3 Å². The van der Waals surface area contributed by atoms with Crippen molar-refractivity contribution >= 4 is 45.1 Å². The quantitative estimate of drug-likeness (QED) is 0.719. The molecule has 0 unspecified atom stereocenters. The number of aromatic nitrogens is 2. The number of nitrogens with one attached hydrogen (secondary N) is 1. The largest absolute Gasteiger partial charge is 0.323 e. The number of hydrogen-bond acceptors (Lipinski definition) is 4. The van der Waals surface area contributed by atoms with E-state index in [4.69, 9.17) is 12.2 Å². The Hall–Kier alpha value is -1.24. The van der Waals surface area contributed by atoms with Crippen LogP contribution in [0, 0.1) is 18.6 Å². The summed E-state index contributed by atoms with van der Waals surface area (Å²) in [5.41, 5.74) is 1.07. The lowest BCUT2D eigenvalue weighted by Crippen LogP contribution is -2.22. The van der Waals surface area contributed by atoms with Crippen LogP contribution in [0.15, 0.2) is 16.9 Å². The zero-order valence-electron chi connectivity index (χ0n) is 12.1. The molecule has 0 fully saturated rings. The molecular formula is C15H16N2OS3. The van der Waals surface area contributed by atoms with E-state index in [2.05, 4.69) is 24.0 Å². The van der Waals surface area contributed by atoms with Gasteiger partial charge in [-0.05, 0) is 50.2 Å². The molecule has 0 bridgehead atoms. The molecule has 3 nitrogen and oxygen atoms in total. The van der Waals surface area contributed by atoms with Crippen molar-refractivity contribution in [2.24, 2.45) is 0 Å². The lowest BCUT2D eigenvalue weighted by atomic mass is 10.2. The van der Waals surface area contributed by atoms with Gasteiger partial charge in [-0.2, -0.15) is 0 Å². The Bertz CT molecular complexity index is 927. The standard InChI is InChI=1S/C15H16N2OS3/c1-4-10-5-6-11(21-10)7-17-14(18)12-8(2)9(3)20-13(12)16-15(17)19/h5-6H,4,7H2,1-3H3,(H,16,19). The van der Waals surface area contributed by atoms with Gasteiger partial charge in [0.2, 0.25) is 0 Å². The maximum atomic E-state index is 12.8. The summed E-state index contributed by atoms with van der Waals surface area (Å²) in [5, 5.41) is 0.776. The van der Waals surface area contributed by atoms with E-state index in [0.717, 1.165) is 32.0 Å². The lowest BCUT2D eigenvalue weighted by Gasteiger charge is -2.05. The molecule has 3 aromatic heterocycles. The van der Waals surface area contributed by atoms with Gasteiger partial charge in [-0.1, -0.05) is 6.92 Å². The number of nitrogens with zero attached hydrogens (tertiary/aromatic N) is 1. The summed E-state index contributed by atoms with van der Waals surface area (Å²) in [6, 6.07) is 4.21. The highest BCUT2D eigenvalue weighted by Gasteiger charge is 2.13. The summed E-state index contributed by atoms with van der Waals surface area (Å²) in [4.78, 5) is 20.5. The Morgan fingerprint density at radius 3 is 2.62 bits per heavy atom. The average molecular weight is 337 g/mol. The van der Waals surface area contributed by atoms with Crippen LogP contribution in [0.1, 0.15) is 27.1 Å². The molecule has 110 valence electrons. The van der Waals surface area contributed by atoms with Gasteiger partial charge >= 0.3 is 0 Å². The first-order valence-corrected chi connectivity index (χ1v) is 8.85. The topological polar surface area (TPSA) is 37.8 Å². The highest BCUT2D eigenvalue weighted by Crippen LogP contribution is 2.26. The molecule has 3 rings (SSSR count). The smallest absolute Gasteiger partial charge is 0.263 e. The van der Waals surface area contributed by atoms with Crippen molar-refractivity contribution in [1.29, 1.82) is 0 Å². The summed E-state index contributed by atoms with van der Waals surface area (Å²) in [6.07, 6.45) is 1.02. The van der Waals surface area contributed by atoms with Crippen LogP contribution in [0.3, 0.4) is 0 Å². The Labute approximate surface area is 135 Å². The van der Waals surface area contributed by atoms with E-state index in [9.17, 15) is 4.79 Å². The molecule has 21 heavy (non-hydrogen) atoms. The molecule has 0 saturated heterocycles. The van der Waals surface area contributed by atoms with Gasteiger partial charge in [0.05, 0.1) is 11.9 Å². The maximum absolute atomic E-state index is 12.8. The van der Waals surface area contributed by atoms with Crippen LogP contribution in [0.5, 0.6) is 0 Å². The van der Waals surface area contributed by atoms with Crippen LogP contribution in [0.25, 0.3) is 10.2 Å². The van der Waals surface area contributed by atoms with Crippen molar-refractivity contribution in [3.05, 3.63) is 47.5 Å². The van der Waals surface area contributed by atoms with Crippen LogP contribution in [-0.4, -0.2) is 9.55 Å². The Kier molecular flexibility index (Phi) is 3.86. The molecule has 0 aliphatic carbocycles. The molecule has 0 aliphatic rings. The zero-order chi connectivity index (χ0) is 15.1. The van der Waals surface area contributed by atoms with Crippen molar-refractivity contribution in [2.75, 3.05) is 0 Å². The number of hydrogen-bond donors (Lipinski definition) is 1. The Morgan fingerprint density at radius 1 is 1.24 bits per heavy atom. The van der Waals surface area contributed by atoms with Crippen molar-refractivity contribution in [2.45, 2.75) is 33.7 Å². The molecule has 0 atom stereocenters. The summed E-state index contributed by atoms with van der Waals surface area (Å²) in [5.74, 6) is 0. The van der Waals surface area contributed by atoms with E-state index < -0.39 is 0 Å². The third-order valence-electron chi connectivity index (χ3n) is 3.69. The fraction of sp³-hybridized carbons (Fsp3) is 0.333. The molecule has 6 heteroatoms. The third-order valence-corrected chi connectivity index (χ3v) is 6.35. The molecule has 3 heterocycles. The van der Waals surface area contributed by atoms with Gasteiger partial charge in [-0.3, -0.25) is 9.36 Å². The van der Waals surface area contributed by atoms with E-state index in [1.807, 2.05) is 13.8 Å². The van der Waals surface area contributed by atoms with E-state index in [1.165, 1.54) is 4.88 Å². The van der Waals surface area contributed by atoms with E-state index in [-0.39, 0.29) is 5.56 Å². The minimum absolute atomic E-state index is 0.0158. The van der Waals surface area contributed by atoms with Gasteiger partial charge in [-0.25, -0.2) is 0 Å². The molecule has 0 saturated carbocycles. The summed E-state index contributed by atoms with van der Waals surface area (Å²) in [6.45, 7) is 6.71. The Balaban J connectivity index is 2.16. The van der Waals surface area contributed by atoms with Crippen molar-refractivity contribution in [3.63, 3.8) is 0 Å². The first-order valence-electron chi connectivity index (χ1n) is 6.81. The minimum atomic E-state index is 0.0158. The fourth-order valence-corrected chi connectivity index (χ4v) is 4.67. The normalized spacial score (nSPS) is 11.4. The third kappa shape index (κ3) is 2.52. The Morgan fingerprint density at radius 2 is 1.95 bits per heavy atom. The number of aromatic amines is 1. The second-order valence-electron chi connectivity index (χ2n) is 5.03. The van der Waals surface area contributed by atoms with Crippen LogP contribution in [0.2, 0.25) is 0 Å². The first-order chi connectivity index (χ1) is 10.0. The van der Waals surface area contributed by atoms with Gasteiger partial charge in [0, 0.05) is 14.6 Å². The number of H-pyrrole nitrogens is 1. The summed E-state index contributed by atoms with van der Waals surface area (Å²) >= 11 is 8.71. The van der Waals surface area contributed by atoms with Crippen LogP contribution >= 0.6 is 34.9 Å². The number of aryl methyl sites for hydroxylation is 3. The molecule has 0 radical (unpaired) electrons. The predicted molar refractivity (Wildman–Crippen MR) is 93.5 cm³/mol. The maximum Gasteiger partial charge on any atom is 0.263 e. The average Bonchev–Trinajstić information content (AvgIpc) is 3.00. The zero-order valence-corrected chi connectivity index (χ0v) is 14.6. The first kappa shape index (κ1) is 14.7. The molecule has 0 amide bonds. The van der Waals surface area contributed by atoms with Crippen LogP contribution in [-0.2, 0) is 13.0 Å².